The van der Waals surface area contributed by atoms with Crippen molar-refractivity contribution in [2.75, 3.05) is 0 Å². The molecule has 0 unspecified atom stereocenters. The Balaban J connectivity index is 2.02. The smallest absolute Gasteiger partial charge is 0.161 e. The van der Waals surface area contributed by atoms with Crippen molar-refractivity contribution in [3.05, 3.63) is 72.1 Å². The molecular weight excluding hydrogens is 284 g/mol. The maximum atomic E-state index is 13.7. The lowest BCUT2D eigenvalue weighted by atomic mass is 10.1. The van der Waals surface area contributed by atoms with Gasteiger partial charge in [0.1, 0.15) is 11.5 Å². The molecule has 0 atom stereocenters. The first-order valence-corrected chi connectivity index (χ1v) is 6.00. The molecule has 2 aromatic carbocycles. The van der Waals surface area contributed by atoms with Crippen molar-refractivity contribution in [3.63, 3.8) is 0 Å². The van der Waals surface area contributed by atoms with Crippen molar-refractivity contribution in [2.45, 2.75) is 0 Å². The minimum Gasteiger partial charge on any atom is -0.237 e. The number of nitrogens with zero attached hydrogens (tertiary/aromatic N) is 2. The van der Waals surface area contributed by atoms with Crippen LogP contribution in [0, 0.1) is 23.3 Å². The zero-order valence-electron chi connectivity index (χ0n) is 10.5. The third-order valence-electron chi connectivity index (χ3n) is 3.00. The molecule has 0 N–H and O–H groups in total. The molecule has 1 heterocycles. The van der Waals surface area contributed by atoms with Gasteiger partial charge < -0.3 is 0 Å². The Morgan fingerprint density at radius 1 is 0.762 bits per heavy atom. The Morgan fingerprint density at radius 3 is 2.14 bits per heavy atom. The lowest BCUT2D eigenvalue weighted by Gasteiger charge is -2.04. The van der Waals surface area contributed by atoms with Gasteiger partial charge in [0.2, 0.25) is 0 Å². The van der Waals surface area contributed by atoms with Crippen LogP contribution in [0.5, 0.6) is 0 Å². The second kappa shape index (κ2) is 5.05. The minimum atomic E-state index is -1.26. The highest BCUT2D eigenvalue weighted by Crippen LogP contribution is 2.22. The fraction of sp³-hybridized carbons (Fsp3) is 0. The summed E-state index contributed by atoms with van der Waals surface area (Å²) in [6, 6.07) is 6.84. The van der Waals surface area contributed by atoms with Gasteiger partial charge in [-0.3, -0.25) is 0 Å². The van der Waals surface area contributed by atoms with E-state index in [1.165, 1.54) is 36.7 Å². The minimum absolute atomic E-state index is 0.206. The molecule has 0 bridgehead atoms. The first kappa shape index (κ1) is 13.4. The highest BCUT2D eigenvalue weighted by atomic mass is 19.2. The third-order valence-corrected chi connectivity index (χ3v) is 3.00. The molecular formula is C15H8F4N2. The van der Waals surface area contributed by atoms with Gasteiger partial charge in [0, 0.05) is 23.9 Å². The summed E-state index contributed by atoms with van der Waals surface area (Å²) < 4.78 is 53.7. The van der Waals surface area contributed by atoms with Crippen LogP contribution in [0.1, 0.15) is 0 Å². The molecule has 0 aliphatic heterocycles. The molecule has 3 aromatic rings. The molecule has 6 heteroatoms. The fourth-order valence-electron chi connectivity index (χ4n) is 1.93. The molecule has 21 heavy (non-hydrogen) atoms. The molecule has 1 aromatic heterocycles. The molecule has 0 saturated carbocycles. The van der Waals surface area contributed by atoms with Crippen LogP contribution in [0.3, 0.4) is 0 Å². The van der Waals surface area contributed by atoms with E-state index in [0.29, 0.717) is 17.2 Å². The third kappa shape index (κ3) is 2.52. The second-order valence-corrected chi connectivity index (χ2v) is 4.40. The highest BCUT2D eigenvalue weighted by Gasteiger charge is 2.13. The quantitative estimate of drug-likeness (QED) is 0.513. The largest absolute Gasteiger partial charge is 0.237 e. The van der Waals surface area contributed by atoms with Crippen LogP contribution in [-0.2, 0) is 0 Å². The van der Waals surface area contributed by atoms with E-state index in [1.54, 1.807) is 0 Å². The number of halogens is 4. The van der Waals surface area contributed by atoms with Gasteiger partial charge >= 0.3 is 0 Å². The molecule has 0 spiro atoms. The van der Waals surface area contributed by atoms with E-state index >= 15 is 0 Å². The highest BCUT2D eigenvalue weighted by molar-refractivity contribution is 5.62. The van der Waals surface area contributed by atoms with Gasteiger partial charge in [-0.15, -0.1) is 0 Å². The lowest BCUT2D eigenvalue weighted by Crippen LogP contribution is -2.00. The second-order valence-electron chi connectivity index (χ2n) is 4.40. The molecule has 106 valence electrons. The molecule has 3 rings (SSSR count). The van der Waals surface area contributed by atoms with Gasteiger partial charge in [-0.25, -0.2) is 22.2 Å². The number of hydrogen-bond donors (Lipinski definition) is 0. The van der Waals surface area contributed by atoms with E-state index in [4.69, 9.17) is 0 Å². The first-order chi connectivity index (χ1) is 10.0. The molecule has 0 radical (unpaired) electrons. The standard InChI is InChI=1S/C15H8F4N2/c16-11-3-1-9(2-4-11)10-7-20-21(8-10)15-6-13(18)12(17)5-14(15)19/h1-8H. The molecule has 0 saturated heterocycles. The molecule has 0 aliphatic carbocycles. The van der Waals surface area contributed by atoms with E-state index < -0.39 is 17.5 Å². The van der Waals surface area contributed by atoms with Crippen molar-refractivity contribution >= 4 is 0 Å². The van der Waals surface area contributed by atoms with Crippen LogP contribution in [0.2, 0.25) is 0 Å². The Kier molecular flexibility index (Phi) is 3.21. The number of hydrogen-bond acceptors (Lipinski definition) is 1. The van der Waals surface area contributed by atoms with Gasteiger partial charge in [-0.05, 0) is 17.7 Å². The van der Waals surface area contributed by atoms with Crippen LogP contribution in [0.4, 0.5) is 17.6 Å². The predicted molar refractivity (Wildman–Crippen MR) is 68.8 cm³/mol. The average Bonchev–Trinajstić information content (AvgIpc) is 2.93. The number of benzene rings is 2. The molecule has 2 nitrogen and oxygen atoms in total. The SMILES string of the molecule is Fc1ccc(-c2cnn(-c3cc(F)c(F)cc3F)c2)cc1. The lowest BCUT2D eigenvalue weighted by molar-refractivity contribution is 0.491. The van der Waals surface area contributed by atoms with Gasteiger partial charge in [-0.1, -0.05) is 12.1 Å². The van der Waals surface area contributed by atoms with E-state index in [-0.39, 0.29) is 11.5 Å². The predicted octanol–water partition coefficient (Wildman–Crippen LogP) is 4.10. The molecule has 0 fully saturated rings. The van der Waals surface area contributed by atoms with Crippen molar-refractivity contribution in [2.24, 2.45) is 0 Å². The molecule has 0 amide bonds. The van der Waals surface area contributed by atoms with Gasteiger partial charge in [0.15, 0.2) is 17.5 Å². The van der Waals surface area contributed by atoms with E-state index in [0.717, 1.165) is 10.7 Å². The summed E-state index contributed by atoms with van der Waals surface area (Å²) in [5.41, 5.74) is 1.06. The topological polar surface area (TPSA) is 17.8 Å². The number of rotatable bonds is 2. The summed E-state index contributed by atoms with van der Waals surface area (Å²) in [5.74, 6) is -3.73. The van der Waals surface area contributed by atoms with E-state index in [1.807, 2.05) is 0 Å². The van der Waals surface area contributed by atoms with Crippen molar-refractivity contribution in [1.82, 2.24) is 9.78 Å². The summed E-state index contributed by atoms with van der Waals surface area (Å²) in [5, 5.41) is 3.91. The van der Waals surface area contributed by atoms with Gasteiger partial charge in [0.05, 0.1) is 6.20 Å². The van der Waals surface area contributed by atoms with Crippen LogP contribution in [0.25, 0.3) is 16.8 Å². The van der Waals surface area contributed by atoms with Gasteiger partial charge in [-0.2, -0.15) is 5.10 Å². The molecule has 0 aliphatic rings. The van der Waals surface area contributed by atoms with E-state index in [9.17, 15) is 17.6 Å². The normalized spacial score (nSPS) is 10.9. The van der Waals surface area contributed by atoms with Crippen molar-refractivity contribution in [3.8, 4) is 16.8 Å². The fourth-order valence-corrected chi connectivity index (χ4v) is 1.93. The number of aromatic nitrogens is 2. The van der Waals surface area contributed by atoms with Gasteiger partial charge in [0.25, 0.3) is 0 Å². The van der Waals surface area contributed by atoms with Crippen LogP contribution in [-0.4, -0.2) is 9.78 Å². The Labute approximate surface area is 117 Å². The summed E-state index contributed by atoms with van der Waals surface area (Å²) in [4.78, 5) is 0. The summed E-state index contributed by atoms with van der Waals surface area (Å²) in [6.07, 6.45) is 2.87. The summed E-state index contributed by atoms with van der Waals surface area (Å²) >= 11 is 0. The van der Waals surface area contributed by atoms with Crippen LogP contribution >= 0.6 is 0 Å². The summed E-state index contributed by atoms with van der Waals surface area (Å²) in [7, 11) is 0. The zero-order valence-corrected chi connectivity index (χ0v) is 10.5. The first-order valence-electron chi connectivity index (χ1n) is 6.00. The monoisotopic (exact) mass is 292 g/mol. The Hall–Kier alpha value is -2.63. The Bertz CT molecular complexity index is 794. The summed E-state index contributed by atoms with van der Waals surface area (Å²) in [6.45, 7) is 0. The Morgan fingerprint density at radius 2 is 1.43 bits per heavy atom. The van der Waals surface area contributed by atoms with E-state index in [2.05, 4.69) is 5.10 Å². The maximum Gasteiger partial charge on any atom is 0.161 e. The van der Waals surface area contributed by atoms with Crippen LogP contribution in [0.15, 0.2) is 48.8 Å². The maximum absolute atomic E-state index is 13.7. The zero-order chi connectivity index (χ0) is 15.0. The van der Waals surface area contributed by atoms with Crippen molar-refractivity contribution in [1.29, 1.82) is 0 Å². The van der Waals surface area contributed by atoms with Crippen LogP contribution < -0.4 is 0 Å². The van der Waals surface area contributed by atoms with Crippen molar-refractivity contribution < 1.29 is 17.6 Å². The average molecular weight is 292 g/mol.